The fourth-order valence-corrected chi connectivity index (χ4v) is 2.86. The molecule has 2 atom stereocenters. The maximum Gasteiger partial charge on any atom is 0.215 e. The van der Waals surface area contributed by atoms with Crippen LogP contribution in [0.3, 0.4) is 0 Å². The number of sulfonamides is 1. The van der Waals surface area contributed by atoms with Gasteiger partial charge in [-0.1, -0.05) is 0 Å². The molecular weight excluding hydrogens is 250 g/mol. The molecule has 1 aliphatic carbocycles. The highest BCUT2D eigenvalue weighted by atomic mass is 32.2. The van der Waals surface area contributed by atoms with E-state index < -0.39 is 10.0 Å². The van der Waals surface area contributed by atoms with Gasteiger partial charge >= 0.3 is 0 Å². The van der Waals surface area contributed by atoms with E-state index in [2.05, 4.69) is 14.9 Å². The van der Waals surface area contributed by atoms with Crippen LogP contribution in [0.15, 0.2) is 0 Å². The molecule has 1 fully saturated rings. The predicted molar refractivity (Wildman–Crippen MR) is 75.2 cm³/mol. The third-order valence-electron chi connectivity index (χ3n) is 3.18. The molecule has 1 aliphatic rings. The smallest absolute Gasteiger partial charge is 0.215 e. The largest absolute Gasteiger partial charge is 0.313 e. The van der Waals surface area contributed by atoms with E-state index in [1.54, 1.807) is 6.92 Å². The van der Waals surface area contributed by atoms with Crippen LogP contribution < -0.4 is 10.0 Å². The summed E-state index contributed by atoms with van der Waals surface area (Å²) in [7, 11) is 0.773. The number of nitrogens with one attached hydrogen (secondary N) is 2. The first-order valence-corrected chi connectivity index (χ1v) is 8.25. The standard InChI is InChI=1S/C12H27N3O2S/c1-10(7-8-15(3)4)14-18(16,17)11(2)9-13-12-5-6-12/h10-14H,5-9H2,1-4H3. The Morgan fingerprint density at radius 2 is 1.89 bits per heavy atom. The second kappa shape index (κ2) is 6.84. The summed E-state index contributed by atoms with van der Waals surface area (Å²) in [5, 5.41) is 2.88. The second-order valence-corrected chi connectivity index (χ2v) is 7.78. The van der Waals surface area contributed by atoms with Crippen LogP contribution in [0.4, 0.5) is 0 Å². The van der Waals surface area contributed by atoms with E-state index in [9.17, 15) is 8.42 Å². The van der Waals surface area contributed by atoms with Gasteiger partial charge in [0.25, 0.3) is 0 Å². The van der Waals surface area contributed by atoms with Crippen LogP contribution in [-0.2, 0) is 10.0 Å². The minimum atomic E-state index is -3.21. The van der Waals surface area contributed by atoms with Crippen molar-refractivity contribution >= 4 is 10.0 Å². The first kappa shape index (κ1) is 15.9. The molecule has 1 rings (SSSR count). The van der Waals surface area contributed by atoms with E-state index in [1.165, 1.54) is 12.8 Å². The van der Waals surface area contributed by atoms with Crippen molar-refractivity contribution < 1.29 is 8.42 Å². The highest BCUT2D eigenvalue weighted by molar-refractivity contribution is 7.90. The van der Waals surface area contributed by atoms with Crippen molar-refractivity contribution in [2.45, 2.75) is 50.4 Å². The molecule has 0 aliphatic heterocycles. The van der Waals surface area contributed by atoms with Gasteiger partial charge in [-0.05, 0) is 53.8 Å². The van der Waals surface area contributed by atoms with Crippen molar-refractivity contribution in [3.8, 4) is 0 Å². The average molecular weight is 277 g/mol. The third-order valence-corrected chi connectivity index (χ3v) is 5.13. The SMILES string of the molecule is CC(CCN(C)C)NS(=O)(=O)C(C)CNC1CC1. The maximum atomic E-state index is 12.1. The summed E-state index contributed by atoms with van der Waals surface area (Å²) in [5.74, 6) is 0. The molecule has 5 nitrogen and oxygen atoms in total. The lowest BCUT2D eigenvalue weighted by Crippen LogP contribution is -2.43. The van der Waals surface area contributed by atoms with E-state index in [0.717, 1.165) is 13.0 Å². The zero-order valence-electron chi connectivity index (χ0n) is 11.9. The van der Waals surface area contributed by atoms with Gasteiger partial charge in [-0.2, -0.15) is 0 Å². The Bertz CT molecular complexity index is 339. The molecular formula is C12H27N3O2S. The van der Waals surface area contributed by atoms with Crippen molar-refractivity contribution in [3.05, 3.63) is 0 Å². The fraction of sp³-hybridized carbons (Fsp3) is 1.00. The van der Waals surface area contributed by atoms with E-state index in [0.29, 0.717) is 12.6 Å². The minimum Gasteiger partial charge on any atom is -0.313 e. The molecule has 0 amide bonds. The summed E-state index contributed by atoms with van der Waals surface area (Å²) in [6.07, 6.45) is 3.19. The maximum absolute atomic E-state index is 12.1. The van der Waals surface area contributed by atoms with Crippen LogP contribution in [0.5, 0.6) is 0 Å². The zero-order chi connectivity index (χ0) is 13.8. The van der Waals surface area contributed by atoms with Gasteiger partial charge in [0.15, 0.2) is 0 Å². The lowest BCUT2D eigenvalue weighted by atomic mass is 10.2. The monoisotopic (exact) mass is 277 g/mol. The summed E-state index contributed by atoms with van der Waals surface area (Å²) >= 11 is 0. The molecule has 0 aromatic carbocycles. The number of rotatable bonds is 9. The zero-order valence-corrected chi connectivity index (χ0v) is 12.8. The molecule has 2 unspecified atom stereocenters. The normalized spacial score (nSPS) is 20.1. The molecule has 0 spiro atoms. The summed E-state index contributed by atoms with van der Waals surface area (Å²) in [6, 6.07) is 0.537. The van der Waals surface area contributed by atoms with E-state index >= 15 is 0 Å². The average Bonchev–Trinajstić information content (AvgIpc) is 3.06. The molecule has 108 valence electrons. The number of hydrogen-bond acceptors (Lipinski definition) is 4. The van der Waals surface area contributed by atoms with Crippen LogP contribution in [0.1, 0.15) is 33.1 Å². The fourth-order valence-electron chi connectivity index (χ4n) is 1.64. The summed E-state index contributed by atoms with van der Waals surface area (Å²) in [6.45, 7) is 5.11. The summed E-state index contributed by atoms with van der Waals surface area (Å²) in [4.78, 5) is 2.06. The molecule has 0 aromatic rings. The van der Waals surface area contributed by atoms with Gasteiger partial charge in [0.05, 0.1) is 5.25 Å². The Labute approximate surface area is 111 Å². The van der Waals surface area contributed by atoms with E-state index in [-0.39, 0.29) is 11.3 Å². The van der Waals surface area contributed by atoms with Crippen LogP contribution in [-0.4, -0.2) is 57.8 Å². The number of nitrogens with zero attached hydrogens (tertiary/aromatic N) is 1. The molecule has 0 saturated heterocycles. The van der Waals surface area contributed by atoms with Crippen LogP contribution in [0.25, 0.3) is 0 Å². The van der Waals surface area contributed by atoms with Gasteiger partial charge < -0.3 is 10.2 Å². The summed E-state index contributed by atoms with van der Waals surface area (Å²) < 4.78 is 26.9. The molecule has 2 N–H and O–H groups in total. The van der Waals surface area contributed by atoms with Crippen molar-refractivity contribution in [1.29, 1.82) is 0 Å². The Hall–Kier alpha value is -0.170. The molecule has 1 saturated carbocycles. The Morgan fingerprint density at radius 3 is 2.39 bits per heavy atom. The predicted octanol–water partition coefficient (Wildman–Crippen LogP) is 0.387. The van der Waals surface area contributed by atoms with Crippen LogP contribution in [0.2, 0.25) is 0 Å². The Morgan fingerprint density at radius 1 is 1.28 bits per heavy atom. The second-order valence-electron chi connectivity index (χ2n) is 5.65. The molecule has 0 aromatic heterocycles. The van der Waals surface area contributed by atoms with Crippen LogP contribution in [0, 0.1) is 0 Å². The highest BCUT2D eigenvalue weighted by Crippen LogP contribution is 2.18. The van der Waals surface area contributed by atoms with E-state index in [4.69, 9.17) is 0 Å². The molecule has 0 heterocycles. The van der Waals surface area contributed by atoms with Gasteiger partial charge in [-0.15, -0.1) is 0 Å². The quantitative estimate of drug-likeness (QED) is 0.640. The molecule has 18 heavy (non-hydrogen) atoms. The van der Waals surface area contributed by atoms with Gasteiger partial charge in [-0.3, -0.25) is 0 Å². The lowest BCUT2D eigenvalue weighted by molar-refractivity contribution is 0.378. The summed E-state index contributed by atoms with van der Waals surface area (Å²) in [5.41, 5.74) is 0. The lowest BCUT2D eigenvalue weighted by Gasteiger charge is -2.20. The Kier molecular flexibility index (Phi) is 6.04. The first-order chi connectivity index (χ1) is 8.31. The van der Waals surface area contributed by atoms with Gasteiger partial charge in [0.2, 0.25) is 10.0 Å². The van der Waals surface area contributed by atoms with Crippen molar-refractivity contribution in [3.63, 3.8) is 0 Å². The molecule has 0 radical (unpaired) electrons. The van der Waals surface area contributed by atoms with Crippen molar-refractivity contribution in [2.24, 2.45) is 0 Å². The van der Waals surface area contributed by atoms with Gasteiger partial charge in [-0.25, -0.2) is 13.1 Å². The Balaban J connectivity index is 2.31. The molecule has 0 bridgehead atoms. The minimum absolute atomic E-state index is 0.0132. The van der Waals surface area contributed by atoms with Gasteiger partial charge in [0, 0.05) is 18.6 Å². The van der Waals surface area contributed by atoms with Crippen LogP contribution >= 0.6 is 0 Å². The number of hydrogen-bond donors (Lipinski definition) is 2. The topological polar surface area (TPSA) is 61.4 Å². The first-order valence-electron chi connectivity index (χ1n) is 6.70. The van der Waals surface area contributed by atoms with Crippen molar-refractivity contribution in [2.75, 3.05) is 27.2 Å². The van der Waals surface area contributed by atoms with Crippen molar-refractivity contribution in [1.82, 2.24) is 14.9 Å². The van der Waals surface area contributed by atoms with E-state index in [1.807, 2.05) is 21.0 Å². The third kappa shape index (κ3) is 6.13. The highest BCUT2D eigenvalue weighted by Gasteiger charge is 2.26. The van der Waals surface area contributed by atoms with Gasteiger partial charge in [0.1, 0.15) is 0 Å². The molecule has 6 heteroatoms.